The molecule has 0 amide bonds. The number of hydrogen-bond donors (Lipinski definition) is 2. The first-order valence-electron chi connectivity index (χ1n) is 4.34. The molecule has 0 atom stereocenters. The maximum Gasteiger partial charge on any atom is 0.332 e. The lowest BCUT2D eigenvalue weighted by molar-refractivity contribution is -0.127. The summed E-state index contributed by atoms with van der Waals surface area (Å²) < 4.78 is 15.7. The lowest BCUT2D eigenvalue weighted by Gasteiger charge is -2.22. The standard InChI is InChI=1S/C8H17O5P/c1-4-13-6-8(2,3)7(9)5-14(10,11)12/h4-6H2,1-3H3,(H2,10,11,12). The lowest BCUT2D eigenvalue weighted by atomic mass is 9.90. The van der Waals surface area contributed by atoms with Crippen molar-refractivity contribution in [1.82, 2.24) is 0 Å². The fourth-order valence-electron chi connectivity index (χ4n) is 0.839. The van der Waals surface area contributed by atoms with E-state index < -0.39 is 25.0 Å². The summed E-state index contributed by atoms with van der Waals surface area (Å²) in [6, 6.07) is 0. The van der Waals surface area contributed by atoms with Gasteiger partial charge >= 0.3 is 7.60 Å². The van der Waals surface area contributed by atoms with Gasteiger partial charge in [0, 0.05) is 12.0 Å². The maximum atomic E-state index is 11.4. The van der Waals surface area contributed by atoms with E-state index in [1.54, 1.807) is 20.8 Å². The molecule has 0 radical (unpaired) electrons. The van der Waals surface area contributed by atoms with Crippen molar-refractivity contribution in [3.05, 3.63) is 0 Å². The summed E-state index contributed by atoms with van der Waals surface area (Å²) in [7, 11) is -4.26. The van der Waals surface area contributed by atoms with Crippen molar-refractivity contribution in [3.8, 4) is 0 Å². The molecule has 0 rings (SSSR count). The number of rotatable bonds is 6. The van der Waals surface area contributed by atoms with Crippen LogP contribution in [0, 0.1) is 5.41 Å². The molecule has 6 heteroatoms. The van der Waals surface area contributed by atoms with Crippen molar-refractivity contribution in [1.29, 1.82) is 0 Å². The third kappa shape index (κ3) is 5.50. The third-order valence-corrected chi connectivity index (χ3v) is 2.47. The summed E-state index contributed by atoms with van der Waals surface area (Å²) in [5.41, 5.74) is -0.836. The van der Waals surface area contributed by atoms with Crippen LogP contribution in [0.4, 0.5) is 0 Å². The average molecular weight is 224 g/mol. The SMILES string of the molecule is CCOCC(C)(C)C(=O)CP(=O)(O)O. The third-order valence-electron chi connectivity index (χ3n) is 1.77. The summed E-state index contributed by atoms with van der Waals surface area (Å²) in [5, 5.41) is 0. The molecule has 0 aliphatic heterocycles. The Bertz CT molecular complexity index is 242. The highest BCUT2D eigenvalue weighted by Crippen LogP contribution is 2.36. The number of hydrogen-bond acceptors (Lipinski definition) is 3. The van der Waals surface area contributed by atoms with E-state index >= 15 is 0 Å². The van der Waals surface area contributed by atoms with Gasteiger partial charge in [0.05, 0.1) is 6.61 Å². The van der Waals surface area contributed by atoms with Crippen LogP contribution in [0.3, 0.4) is 0 Å². The van der Waals surface area contributed by atoms with Crippen LogP contribution < -0.4 is 0 Å². The Morgan fingerprint density at radius 2 is 1.93 bits per heavy atom. The number of carbonyl (C=O) groups excluding carboxylic acids is 1. The van der Waals surface area contributed by atoms with E-state index in [1.807, 2.05) is 0 Å². The van der Waals surface area contributed by atoms with Gasteiger partial charge in [-0.3, -0.25) is 9.36 Å². The monoisotopic (exact) mass is 224 g/mol. The largest absolute Gasteiger partial charge is 0.381 e. The summed E-state index contributed by atoms with van der Waals surface area (Å²) in [4.78, 5) is 28.7. The van der Waals surface area contributed by atoms with Crippen molar-refractivity contribution >= 4 is 13.4 Å². The van der Waals surface area contributed by atoms with E-state index in [0.717, 1.165) is 0 Å². The topological polar surface area (TPSA) is 83.8 Å². The molecule has 0 aromatic rings. The Morgan fingerprint density at radius 3 is 2.29 bits per heavy atom. The van der Waals surface area contributed by atoms with Gasteiger partial charge in [0.15, 0.2) is 5.78 Å². The van der Waals surface area contributed by atoms with Crippen molar-refractivity contribution in [2.75, 3.05) is 19.4 Å². The van der Waals surface area contributed by atoms with Gasteiger partial charge in [-0.2, -0.15) is 0 Å². The van der Waals surface area contributed by atoms with E-state index in [4.69, 9.17) is 14.5 Å². The number of ether oxygens (including phenoxy) is 1. The molecule has 14 heavy (non-hydrogen) atoms. The van der Waals surface area contributed by atoms with Crippen LogP contribution >= 0.6 is 7.60 Å². The summed E-state index contributed by atoms with van der Waals surface area (Å²) in [6.45, 7) is 5.68. The molecule has 2 N–H and O–H groups in total. The molecule has 0 aliphatic rings. The Morgan fingerprint density at radius 1 is 1.43 bits per heavy atom. The van der Waals surface area contributed by atoms with E-state index in [0.29, 0.717) is 6.61 Å². The number of ketones is 1. The summed E-state index contributed by atoms with van der Waals surface area (Å²) in [6.07, 6.45) is -0.715. The molecule has 0 fully saturated rings. The number of carbonyl (C=O) groups is 1. The van der Waals surface area contributed by atoms with Gasteiger partial charge in [0.25, 0.3) is 0 Å². The van der Waals surface area contributed by atoms with E-state index in [1.165, 1.54) is 0 Å². The molecule has 0 heterocycles. The maximum absolute atomic E-state index is 11.4. The van der Waals surface area contributed by atoms with Crippen molar-refractivity contribution in [3.63, 3.8) is 0 Å². The molecule has 0 spiro atoms. The van der Waals surface area contributed by atoms with Crippen LogP contribution in [-0.4, -0.2) is 34.9 Å². The average Bonchev–Trinajstić information content (AvgIpc) is 1.97. The number of Topliss-reactive ketones (excluding diaryl/α,β-unsaturated/α-hetero) is 1. The minimum absolute atomic E-state index is 0.183. The van der Waals surface area contributed by atoms with Gasteiger partial charge in [-0.1, -0.05) is 13.8 Å². The van der Waals surface area contributed by atoms with Crippen LogP contribution in [0.2, 0.25) is 0 Å². The molecule has 84 valence electrons. The fraction of sp³-hybridized carbons (Fsp3) is 0.875. The summed E-state index contributed by atoms with van der Waals surface area (Å²) >= 11 is 0. The van der Waals surface area contributed by atoms with Crippen LogP contribution in [0.5, 0.6) is 0 Å². The first kappa shape index (κ1) is 13.8. The van der Waals surface area contributed by atoms with Crippen LogP contribution in [-0.2, 0) is 14.1 Å². The Balaban J connectivity index is 4.28. The second-order valence-corrected chi connectivity index (χ2v) is 5.41. The van der Waals surface area contributed by atoms with Crippen LogP contribution in [0.25, 0.3) is 0 Å². The van der Waals surface area contributed by atoms with Crippen LogP contribution in [0.15, 0.2) is 0 Å². The Hall–Kier alpha value is -0.220. The van der Waals surface area contributed by atoms with Crippen LogP contribution in [0.1, 0.15) is 20.8 Å². The zero-order valence-corrected chi connectivity index (χ0v) is 9.58. The van der Waals surface area contributed by atoms with Crippen molar-refractivity contribution in [2.24, 2.45) is 5.41 Å². The second-order valence-electron chi connectivity index (χ2n) is 3.77. The molecule has 0 aromatic carbocycles. The fourth-order valence-corrected chi connectivity index (χ4v) is 1.64. The first-order chi connectivity index (χ1) is 6.19. The van der Waals surface area contributed by atoms with Gasteiger partial charge in [-0.15, -0.1) is 0 Å². The minimum atomic E-state index is -4.26. The molecular formula is C8H17O5P. The van der Waals surface area contributed by atoms with Crippen molar-refractivity contribution < 1.29 is 23.9 Å². The molecule has 0 saturated heterocycles. The molecule has 0 bridgehead atoms. The normalized spacial score (nSPS) is 12.9. The van der Waals surface area contributed by atoms with Gasteiger partial charge in [-0.05, 0) is 6.92 Å². The highest BCUT2D eigenvalue weighted by Gasteiger charge is 2.32. The van der Waals surface area contributed by atoms with Gasteiger partial charge in [0.2, 0.25) is 0 Å². The highest BCUT2D eigenvalue weighted by molar-refractivity contribution is 7.52. The van der Waals surface area contributed by atoms with E-state index in [2.05, 4.69) is 0 Å². The van der Waals surface area contributed by atoms with Crippen molar-refractivity contribution in [2.45, 2.75) is 20.8 Å². The first-order valence-corrected chi connectivity index (χ1v) is 6.14. The summed E-state index contributed by atoms with van der Waals surface area (Å²) in [5.74, 6) is -0.473. The van der Waals surface area contributed by atoms with E-state index in [9.17, 15) is 9.36 Å². The Labute approximate surface area is 83.6 Å². The van der Waals surface area contributed by atoms with Gasteiger partial charge in [-0.25, -0.2) is 0 Å². The minimum Gasteiger partial charge on any atom is -0.381 e. The molecule has 0 aliphatic carbocycles. The van der Waals surface area contributed by atoms with E-state index in [-0.39, 0.29) is 6.61 Å². The lowest BCUT2D eigenvalue weighted by Crippen LogP contribution is -2.32. The molecule has 0 aromatic heterocycles. The second kappa shape index (κ2) is 5.03. The molecule has 0 saturated carbocycles. The molecule has 0 unspecified atom stereocenters. The predicted molar refractivity (Wildman–Crippen MR) is 52.2 cm³/mol. The molecule has 5 nitrogen and oxygen atoms in total. The highest BCUT2D eigenvalue weighted by atomic mass is 31.2. The van der Waals surface area contributed by atoms with Gasteiger partial charge in [0.1, 0.15) is 6.16 Å². The quantitative estimate of drug-likeness (QED) is 0.652. The zero-order chi connectivity index (χ0) is 11.4. The molecular weight excluding hydrogens is 207 g/mol. The smallest absolute Gasteiger partial charge is 0.332 e. The zero-order valence-electron chi connectivity index (χ0n) is 8.69. The van der Waals surface area contributed by atoms with Gasteiger partial charge < -0.3 is 14.5 Å². The predicted octanol–water partition coefficient (Wildman–Crippen LogP) is 0.796. The Kier molecular flexibility index (Phi) is 4.95.